The summed E-state index contributed by atoms with van der Waals surface area (Å²) >= 11 is 6.04. The van der Waals surface area contributed by atoms with Crippen LogP contribution >= 0.6 is 11.6 Å². The summed E-state index contributed by atoms with van der Waals surface area (Å²) in [4.78, 5) is 23.1. The summed E-state index contributed by atoms with van der Waals surface area (Å²) in [5.74, 6) is -0.894. The van der Waals surface area contributed by atoms with Crippen LogP contribution in [0.25, 0.3) is 0 Å². The van der Waals surface area contributed by atoms with Gasteiger partial charge in [0, 0.05) is 18.7 Å². The number of non-ortho nitro benzene ring substituents is 1. The van der Waals surface area contributed by atoms with E-state index in [9.17, 15) is 20.0 Å². The second-order valence-electron chi connectivity index (χ2n) is 4.44. The van der Waals surface area contributed by atoms with E-state index in [0.29, 0.717) is 18.7 Å². The third kappa shape index (κ3) is 2.78. The summed E-state index contributed by atoms with van der Waals surface area (Å²) in [5, 5.41) is 20.1. The van der Waals surface area contributed by atoms with Crippen molar-refractivity contribution in [3.63, 3.8) is 0 Å². The molecule has 0 aromatic heterocycles. The molecular formula is C12H13ClN2O4. The number of piperidine rings is 1. The van der Waals surface area contributed by atoms with Crippen LogP contribution in [0, 0.1) is 10.1 Å². The zero-order valence-corrected chi connectivity index (χ0v) is 10.8. The molecule has 1 saturated heterocycles. The van der Waals surface area contributed by atoms with Crippen molar-refractivity contribution in [2.45, 2.75) is 25.3 Å². The van der Waals surface area contributed by atoms with E-state index < -0.39 is 16.9 Å². The van der Waals surface area contributed by atoms with Gasteiger partial charge in [-0.3, -0.25) is 10.1 Å². The van der Waals surface area contributed by atoms with Crippen molar-refractivity contribution in [2.75, 3.05) is 11.4 Å². The van der Waals surface area contributed by atoms with Crippen LogP contribution in [0.5, 0.6) is 0 Å². The number of carboxylic acid groups (broad SMARTS) is 1. The van der Waals surface area contributed by atoms with Gasteiger partial charge in [0.15, 0.2) is 0 Å². The topological polar surface area (TPSA) is 83.7 Å². The Morgan fingerprint density at radius 3 is 2.79 bits per heavy atom. The molecule has 1 aliphatic heterocycles. The van der Waals surface area contributed by atoms with Crippen molar-refractivity contribution in [3.8, 4) is 0 Å². The lowest BCUT2D eigenvalue weighted by molar-refractivity contribution is -0.384. The van der Waals surface area contributed by atoms with Gasteiger partial charge in [-0.05, 0) is 25.3 Å². The van der Waals surface area contributed by atoms with Gasteiger partial charge in [0.25, 0.3) is 5.69 Å². The van der Waals surface area contributed by atoms with E-state index in [1.807, 2.05) is 0 Å². The normalized spacial score (nSPS) is 19.2. The van der Waals surface area contributed by atoms with Crippen LogP contribution in [0.1, 0.15) is 19.3 Å². The van der Waals surface area contributed by atoms with Gasteiger partial charge in [0.05, 0.1) is 15.6 Å². The molecule has 1 aliphatic rings. The van der Waals surface area contributed by atoms with Crippen molar-refractivity contribution in [3.05, 3.63) is 33.3 Å². The second-order valence-corrected chi connectivity index (χ2v) is 4.84. The zero-order chi connectivity index (χ0) is 14.0. The highest BCUT2D eigenvalue weighted by Crippen LogP contribution is 2.33. The number of carboxylic acids is 1. The van der Waals surface area contributed by atoms with Crippen molar-refractivity contribution in [1.29, 1.82) is 0 Å². The van der Waals surface area contributed by atoms with Crippen LogP contribution < -0.4 is 4.90 Å². The minimum Gasteiger partial charge on any atom is -0.480 e. The second kappa shape index (κ2) is 5.44. The third-order valence-electron chi connectivity index (χ3n) is 3.24. The predicted octanol–water partition coefficient (Wildman–Crippen LogP) is 2.69. The number of aliphatic carboxylic acids is 1. The van der Waals surface area contributed by atoms with E-state index in [4.69, 9.17) is 11.6 Å². The summed E-state index contributed by atoms with van der Waals surface area (Å²) in [6.07, 6.45) is 2.30. The maximum absolute atomic E-state index is 11.2. The third-order valence-corrected chi connectivity index (χ3v) is 3.54. The van der Waals surface area contributed by atoms with Crippen LogP contribution in [0.3, 0.4) is 0 Å². The first-order chi connectivity index (χ1) is 9.00. The molecule has 0 spiro atoms. The number of nitro benzene ring substituents is 1. The van der Waals surface area contributed by atoms with E-state index in [1.165, 1.54) is 18.2 Å². The van der Waals surface area contributed by atoms with Crippen LogP contribution in [0.4, 0.5) is 11.4 Å². The number of hydrogen-bond acceptors (Lipinski definition) is 4. The number of halogens is 1. The molecule has 7 heteroatoms. The minimum atomic E-state index is -0.894. The molecule has 0 aliphatic carbocycles. The first kappa shape index (κ1) is 13.6. The summed E-state index contributed by atoms with van der Waals surface area (Å²) in [6.45, 7) is 0.592. The van der Waals surface area contributed by atoms with Crippen LogP contribution in [0.2, 0.25) is 5.02 Å². The SMILES string of the molecule is O=C(O)C1CCCCN1c1ccc([N+](=O)[O-])cc1Cl. The van der Waals surface area contributed by atoms with Crippen LogP contribution in [0.15, 0.2) is 18.2 Å². The van der Waals surface area contributed by atoms with Crippen molar-refractivity contribution >= 4 is 28.9 Å². The van der Waals surface area contributed by atoms with Gasteiger partial charge in [0.2, 0.25) is 0 Å². The number of anilines is 1. The van der Waals surface area contributed by atoms with Crippen LogP contribution in [-0.2, 0) is 4.79 Å². The maximum Gasteiger partial charge on any atom is 0.326 e. The molecule has 1 aromatic rings. The highest BCUT2D eigenvalue weighted by atomic mass is 35.5. The quantitative estimate of drug-likeness (QED) is 0.681. The van der Waals surface area contributed by atoms with Crippen molar-refractivity contribution in [1.82, 2.24) is 0 Å². The van der Waals surface area contributed by atoms with Gasteiger partial charge < -0.3 is 10.0 Å². The Hall–Kier alpha value is -1.82. The largest absolute Gasteiger partial charge is 0.480 e. The first-order valence-electron chi connectivity index (χ1n) is 5.94. The van der Waals surface area contributed by atoms with Crippen molar-refractivity contribution in [2.24, 2.45) is 0 Å². The van der Waals surface area contributed by atoms with E-state index in [1.54, 1.807) is 4.90 Å². The average molecular weight is 285 g/mol. The lowest BCUT2D eigenvalue weighted by atomic mass is 10.0. The molecule has 1 fully saturated rings. The Kier molecular flexibility index (Phi) is 3.90. The fourth-order valence-electron chi connectivity index (χ4n) is 2.32. The lowest BCUT2D eigenvalue weighted by Crippen LogP contribution is -2.44. The number of carbonyl (C=O) groups is 1. The Labute approximate surface area is 114 Å². The fourth-order valence-corrected chi connectivity index (χ4v) is 2.60. The summed E-state index contributed by atoms with van der Waals surface area (Å²) in [6, 6.07) is 3.49. The monoisotopic (exact) mass is 284 g/mol. The summed E-state index contributed by atoms with van der Waals surface area (Å²) in [5.41, 5.74) is 0.442. The summed E-state index contributed by atoms with van der Waals surface area (Å²) < 4.78 is 0. The highest BCUT2D eigenvalue weighted by molar-refractivity contribution is 6.33. The van der Waals surface area contributed by atoms with Gasteiger partial charge >= 0.3 is 5.97 Å². The Morgan fingerprint density at radius 1 is 1.47 bits per heavy atom. The van der Waals surface area contributed by atoms with Crippen molar-refractivity contribution < 1.29 is 14.8 Å². The average Bonchev–Trinajstić information content (AvgIpc) is 2.38. The fraction of sp³-hybridized carbons (Fsp3) is 0.417. The maximum atomic E-state index is 11.2. The van der Waals surface area contributed by atoms with E-state index in [-0.39, 0.29) is 10.7 Å². The molecule has 6 nitrogen and oxygen atoms in total. The Balaban J connectivity index is 2.34. The number of nitro groups is 1. The standard InChI is InChI=1S/C12H13ClN2O4/c13-9-7-8(15(18)19)4-5-10(9)14-6-2-1-3-11(14)12(16)17/h4-5,7,11H,1-3,6H2,(H,16,17). The van der Waals surface area contributed by atoms with Gasteiger partial charge in [-0.1, -0.05) is 11.6 Å². The lowest BCUT2D eigenvalue weighted by Gasteiger charge is -2.35. The minimum absolute atomic E-state index is 0.0994. The first-order valence-corrected chi connectivity index (χ1v) is 6.32. The summed E-state index contributed by atoms with van der Waals surface area (Å²) in [7, 11) is 0. The molecule has 1 unspecified atom stereocenters. The Bertz CT molecular complexity index is 520. The number of benzene rings is 1. The van der Waals surface area contributed by atoms with E-state index in [0.717, 1.165) is 12.8 Å². The predicted molar refractivity (Wildman–Crippen MR) is 70.7 cm³/mol. The van der Waals surface area contributed by atoms with Gasteiger partial charge in [-0.25, -0.2) is 4.79 Å². The molecule has 1 aromatic carbocycles. The molecule has 0 amide bonds. The highest BCUT2D eigenvalue weighted by Gasteiger charge is 2.30. The number of nitrogens with zero attached hydrogens (tertiary/aromatic N) is 2. The molecular weight excluding hydrogens is 272 g/mol. The van der Waals surface area contributed by atoms with E-state index in [2.05, 4.69) is 0 Å². The number of hydrogen-bond donors (Lipinski definition) is 1. The molecule has 0 bridgehead atoms. The molecule has 1 heterocycles. The molecule has 102 valence electrons. The number of rotatable bonds is 3. The van der Waals surface area contributed by atoms with Crippen LogP contribution in [-0.4, -0.2) is 28.6 Å². The zero-order valence-electron chi connectivity index (χ0n) is 10.1. The molecule has 2 rings (SSSR count). The Morgan fingerprint density at radius 2 is 2.21 bits per heavy atom. The molecule has 0 radical (unpaired) electrons. The smallest absolute Gasteiger partial charge is 0.326 e. The van der Waals surface area contributed by atoms with Gasteiger partial charge in [-0.2, -0.15) is 0 Å². The van der Waals surface area contributed by atoms with E-state index >= 15 is 0 Å². The molecule has 1 N–H and O–H groups in total. The molecule has 1 atom stereocenters. The van der Waals surface area contributed by atoms with Gasteiger partial charge in [0.1, 0.15) is 6.04 Å². The molecule has 19 heavy (non-hydrogen) atoms. The molecule has 0 saturated carbocycles. The van der Waals surface area contributed by atoms with Gasteiger partial charge in [-0.15, -0.1) is 0 Å².